The minimum Gasteiger partial charge on any atom is -0.464 e. The normalized spacial score (nSPS) is 20.5. The van der Waals surface area contributed by atoms with Gasteiger partial charge < -0.3 is 4.74 Å². The lowest BCUT2D eigenvalue weighted by Gasteiger charge is -2.38. The largest absolute Gasteiger partial charge is 0.464 e. The van der Waals surface area contributed by atoms with Crippen molar-refractivity contribution in [3.05, 3.63) is 99.5 Å². The van der Waals surface area contributed by atoms with E-state index >= 15 is 0 Å². The molecule has 5 rings (SSSR count). The molecule has 0 bridgehead atoms. The van der Waals surface area contributed by atoms with Gasteiger partial charge in [-0.15, -0.1) is 0 Å². The summed E-state index contributed by atoms with van der Waals surface area (Å²) in [4.78, 5) is 0. The predicted molar refractivity (Wildman–Crippen MR) is 108 cm³/mol. The third kappa shape index (κ3) is 2.88. The van der Waals surface area contributed by atoms with Crippen LogP contribution in [0.4, 0.5) is 0 Å². The molecule has 2 unspecified atom stereocenters. The van der Waals surface area contributed by atoms with Gasteiger partial charge in [-0.05, 0) is 23.8 Å². The standard InChI is InChI=1S/C22H16Cl2N2O/c23-15-10-11-16(18(24)12-15)22-26-20(17-8-4-5-9-21(17)27-22)13-19(25-26)14-6-2-1-3-7-14/h1-12,20,22H,13H2. The van der Waals surface area contributed by atoms with Gasteiger partial charge in [-0.1, -0.05) is 77.8 Å². The first-order chi connectivity index (χ1) is 13.2. The summed E-state index contributed by atoms with van der Waals surface area (Å²) in [6.07, 6.45) is 0.433. The molecule has 0 N–H and O–H groups in total. The van der Waals surface area contributed by atoms with Crippen molar-refractivity contribution in [3.63, 3.8) is 0 Å². The summed E-state index contributed by atoms with van der Waals surface area (Å²) in [6.45, 7) is 0. The van der Waals surface area contributed by atoms with Gasteiger partial charge in [0, 0.05) is 22.6 Å². The first-order valence-corrected chi connectivity index (χ1v) is 9.58. The first-order valence-electron chi connectivity index (χ1n) is 8.82. The van der Waals surface area contributed by atoms with Crippen LogP contribution in [0.3, 0.4) is 0 Å². The molecule has 2 heterocycles. The Labute approximate surface area is 167 Å². The molecular weight excluding hydrogens is 379 g/mol. The molecule has 0 saturated carbocycles. The Morgan fingerprint density at radius 2 is 1.67 bits per heavy atom. The van der Waals surface area contributed by atoms with Crippen molar-refractivity contribution in [2.75, 3.05) is 0 Å². The van der Waals surface area contributed by atoms with E-state index in [1.807, 2.05) is 53.5 Å². The lowest BCUT2D eigenvalue weighted by molar-refractivity contribution is -0.0189. The molecule has 2 aliphatic rings. The number of hydrogen-bond donors (Lipinski definition) is 0. The van der Waals surface area contributed by atoms with Gasteiger partial charge in [0.1, 0.15) is 5.75 Å². The quantitative estimate of drug-likeness (QED) is 0.513. The predicted octanol–water partition coefficient (Wildman–Crippen LogP) is 6.24. The highest BCUT2D eigenvalue weighted by molar-refractivity contribution is 6.35. The van der Waals surface area contributed by atoms with E-state index in [0.29, 0.717) is 10.0 Å². The molecule has 2 aliphatic heterocycles. The molecule has 5 heteroatoms. The zero-order valence-electron chi connectivity index (χ0n) is 14.3. The second-order valence-electron chi connectivity index (χ2n) is 6.69. The Morgan fingerprint density at radius 3 is 2.48 bits per heavy atom. The van der Waals surface area contributed by atoms with Crippen LogP contribution in [-0.2, 0) is 0 Å². The molecule has 0 spiro atoms. The van der Waals surface area contributed by atoms with Crippen LogP contribution in [0.1, 0.15) is 35.4 Å². The van der Waals surface area contributed by atoms with E-state index in [9.17, 15) is 0 Å². The minimum absolute atomic E-state index is 0.113. The van der Waals surface area contributed by atoms with Crippen LogP contribution >= 0.6 is 23.2 Å². The van der Waals surface area contributed by atoms with Crippen molar-refractivity contribution >= 4 is 28.9 Å². The Kier molecular flexibility index (Phi) is 4.07. The van der Waals surface area contributed by atoms with Crippen molar-refractivity contribution in [2.45, 2.75) is 18.7 Å². The molecular formula is C22H16Cl2N2O. The Hall–Kier alpha value is -2.49. The van der Waals surface area contributed by atoms with Crippen LogP contribution < -0.4 is 4.74 Å². The van der Waals surface area contributed by atoms with Crippen molar-refractivity contribution < 1.29 is 4.74 Å². The van der Waals surface area contributed by atoms with Crippen molar-refractivity contribution in [3.8, 4) is 5.75 Å². The summed E-state index contributed by atoms with van der Waals surface area (Å²) >= 11 is 12.6. The molecule has 0 fully saturated rings. The van der Waals surface area contributed by atoms with E-state index in [1.54, 1.807) is 6.07 Å². The van der Waals surface area contributed by atoms with Crippen molar-refractivity contribution in [1.82, 2.24) is 5.01 Å². The zero-order chi connectivity index (χ0) is 18.4. The summed E-state index contributed by atoms with van der Waals surface area (Å²) in [5.41, 5.74) is 4.19. The number of rotatable bonds is 2. The molecule has 0 radical (unpaired) electrons. The molecule has 134 valence electrons. The van der Waals surface area contributed by atoms with Crippen LogP contribution in [0.2, 0.25) is 10.0 Å². The summed E-state index contributed by atoms with van der Waals surface area (Å²) in [5, 5.41) is 8.14. The maximum atomic E-state index is 6.49. The summed E-state index contributed by atoms with van der Waals surface area (Å²) < 4.78 is 6.33. The molecule has 3 nitrogen and oxygen atoms in total. The Balaban J connectivity index is 1.62. The molecule has 27 heavy (non-hydrogen) atoms. The Bertz CT molecular complexity index is 1040. The third-order valence-electron chi connectivity index (χ3n) is 5.03. The molecule has 0 saturated heterocycles. The van der Waals surface area contributed by atoms with E-state index in [1.165, 1.54) is 0 Å². The fourth-order valence-corrected chi connectivity index (χ4v) is 4.25. The third-order valence-corrected chi connectivity index (χ3v) is 5.60. The van der Waals surface area contributed by atoms with Crippen LogP contribution in [0.5, 0.6) is 5.75 Å². The molecule has 2 atom stereocenters. The van der Waals surface area contributed by atoms with Crippen molar-refractivity contribution in [2.24, 2.45) is 5.10 Å². The van der Waals surface area contributed by atoms with E-state index in [2.05, 4.69) is 18.2 Å². The lowest BCUT2D eigenvalue weighted by Crippen LogP contribution is -2.33. The van der Waals surface area contributed by atoms with Gasteiger partial charge in [0.25, 0.3) is 0 Å². The van der Waals surface area contributed by atoms with Crippen LogP contribution in [0.15, 0.2) is 77.9 Å². The topological polar surface area (TPSA) is 24.8 Å². The monoisotopic (exact) mass is 394 g/mol. The molecule has 3 aromatic rings. The maximum Gasteiger partial charge on any atom is 0.215 e. The molecule has 0 amide bonds. The summed E-state index contributed by atoms with van der Waals surface area (Å²) in [6, 6.07) is 24.0. The number of benzene rings is 3. The molecule has 0 aromatic heterocycles. The summed E-state index contributed by atoms with van der Waals surface area (Å²) in [5.74, 6) is 0.874. The van der Waals surface area contributed by atoms with Gasteiger partial charge in [-0.25, -0.2) is 5.01 Å². The minimum atomic E-state index is -0.393. The van der Waals surface area contributed by atoms with E-state index < -0.39 is 6.23 Å². The Morgan fingerprint density at radius 1 is 0.889 bits per heavy atom. The molecule has 0 aliphatic carbocycles. The number of para-hydroxylation sites is 1. The second-order valence-corrected chi connectivity index (χ2v) is 7.53. The van der Waals surface area contributed by atoms with Crippen LogP contribution in [-0.4, -0.2) is 10.7 Å². The highest BCUT2D eigenvalue weighted by atomic mass is 35.5. The SMILES string of the molecule is Clc1ccc(C2Oc3ccccc3C3CC(c4ccccc4)=NN32)c(Cl)c1. The number of fused-ring (bicyclic) bond motifs is 3. The van der Waals surface area contributed by atoms with Gasteiger partial charge in [-0.2, -0.15) is 5.10 Å². The average Bonchev–Trinajstić information content (AvgIpc) is 3.14. The fourth-order valence-electron chi connectivity index (χ4n) is 3.75. The lowest BCUT2D eigenvalue weighted by atomic mass is 9.96. The highest BCUT2D eigenvalue weighted by Gasteiger charge is 2.41. The van der Waals surface area contributed by atoms with Gasteiger partial charge >= 0.3 is 0 Å². The zero-order valence-corrected chi connectivity index (χ0v) is 15.9. The van der Waals surface area contributed by atoms with Crippen LogP contribution in [0.25, 0.3) is 0 Å². The van der Waals surface area contributed by atoms with Gasteiger partial charge in [0.05, 0.1) is 16.8 Å². The summed E-state index contributed by atoms with van der Waals surface area (Å²) in [7, 11) is 0. The number of hydrogen-bond acceptors (Lipinski definition) is 3. The van der Waals surface area contributed by atoms with E-state index in [0.717, 1.165) is 34.6 Å². The smallest absolute Gasteiger partial charge is 0.215 e. The van der Waals surface area contributed by atoms with Crippen LogP contribution in [0, 0.1) is 0 Å². The number of hydrazone groups is 1. The second kappa shape index (κ2) is 6.59. The highest BCUT2D eigenvalue weighted by Crippen LogP contribution is 2.48. The van der Waals surface area contributed by atoms with E-state index in [-0.39, 0.29) is 6.04 Å². The van der Waals surface area contributed by atoms with Crippen molar-refractivity contribution in [1.29, 1.82) is 0 Å². The van der Waals surface area contributed by atoms with Gasteiger partial charge in [-0.3, -0.25) is 0 Å². The average molecular weight is 395 g/mol. The van der Waals surface area contributed by atoms with Gasteiger partial charge in [0.2, 0.25) is 6.23 Å². The molecule has 3 aromatic carbocycles. The maximum absolute atomic E-state index is 6.49. The fraction of sp³-hybridized carbons (Fsp3) is 0.136. The number of nitrogens with zero attached hydrogens (tertiary/aromatic N) is 2. The van der Waals surface area contributed by atoms with E-state index in [4.69, 9.17) is 33.0 Å². The van der Waals surface area contributed by atoms with Gasteiger partial charge in [0.15, 0.2) is 0 Å². The number of halogens is 2. The number of ether oxygens (including phenoxy) is 1. The first kappa shape index (κ1) is 16.7.